The maximum atomic E-state index is 6.09. The molecule has 0 aromatic heterocycles. The quantitative estimate of drug-likeness (QED) is 0.0928. The van der Waals surface area contributed by atoms with Crippen molar-refractivity contribution in [3.8, 4) is 0 Å². The first-order valence-corrected chi connectivity index (χ1v) is 27.5. The van der Waals surface area contributed by atoms with Gasteiger partial charge in [0, 0.05) is 0 Å². The fourth-order valence-corrected chi connectivity index (χ4v) is 15.1. The van der Waals surface area contributed by atoms with Crippen LogP contribution in [0.15, 0.2) is 24.3 Å². The molecule has 0 aliphatic carbocycles. The van der Waals surface area contributed by atoms with Gasteiger partial charge in [-0.05, 0) is 25.7 Å². The van der Waals surface area contributed by atoms with E-state index < -0.39 is 34.2 Å². The molecule has 1 aromatic rings. The van der Waals surface area contributed by atoms with Crippen LogP contribution in [0.4, 0.5) is 0 Å². The van der Waals surface area contributed by atoms with Crippen LogP contribution in [-0.4, -0.2) is 34.2 Å². The highest BCUT2D eigenvalue weighted by atomic mass is 28.4. The van der Waals surface area contributed by atoms with Gasteiger partial charge in [0.2, 0.25) is 0 Å². The molecule has 0 bridgehead atoms. The van der Waals surface area contributed by atoms with E-state index in [1.54, 1.807) is 10.4 Å². The van der Waals surface area contributed by atoms with Crippen molar-refractivity contribution in [2.24, 2.45) is 0 Å². The molecule has 215 valence electrons. The molecule has 0 unspecified atom stereocenters. The monoisotopic (exact) mass is 577 g/mol. The molecule has 0 aliphatic rings. The normalized spacial score (nSPS) is 12.7. The molecule has 0 aliphatic heterocycles. The topological polar surface area (TPSA) is 9.23 Å². The van der Waals surface area contributed by atoms with Gasteiger partial charge in [0.1, 0.15) is 0 Å². The maximum Gasteiger partial charge on any atom is 0.194 e. The van der Waals surface area contributed by atoms with E-state index in [0.717, 1.165) is 0 Å². The second-order valence-electron chi connectivity index (χ2n) is 13.4. The second kappa shape index (κ2) is 20.0. The summed E-state index contributed by atoms with van der Waals surface area (Å²) in [7, 11) is -3.92. The number of benzene rings is 1. The Labute approximate surface area is 239 Å². The minimum absolute atomic E-state index is 0.490. The lowest BCUT2D eigenvalue weighted by atomic mass is 10.1. The third-order valence-electron chi connectivity index (χ3n) is 8.37. The van der Waals surface area contributed by atoms with Crippen LogP contribution in [0.2, 0.25) is 64.0 Å². The summed E-state index contributed by atoms with van der Waals surface area (Å²) >= 11 is 0. The number of hydrogen-bond acceptors (Lipinski definition) is 1. The van der Waals surface area contributed by atoms with Gasteiger partial charge < -0.3 is 4.12 Å². The van der Waals surface area contributed by atoms with Crippen LogP contribution in [0.5, 0.6) is 0 Å². The van der Waals surface area contributed by atoms with Crippen molar-refractivity contribution >= 4 is 44.6 Å². The second-order valence-corrected chi connectivity index (χ2v) is 28.0. The molecule has 1 nitrogen and oxygen atoms in total. The predicted molar refractivity (Wildman–Crippen MR) is 182 cm³/mol. The highest BCUT2D eigenvalue weighted by molar-refractivity contribution is 6.91. The maximum absolute atomic E-state index is 6.09. The van der Waals surface area contributed by atoms with Crippen LogP contribution < -0.4 is 10.4 Å². The molecule has 1 aromatic carbocycles. The highest BCUT2D eigenvalue weighted by Gasteiger charge is 2.26. The molecule has 0 amide bonds. The molecule has 0 saturated heterocycles. The van der Waals surface area contributed by atoms with Crippen molar-refractivity contribution in [1.82, 2.24) is 0 Å². The molecule has 0 spiro atoms. The minimum Gasteiger partial charge on any atom is -0.458 e. The average molecular weight is 578 g/mol. The molecule has 0 saturated carbocycles. The molecular weight excluding hydrogens is 513 g/mol. The molecule has 0 fully saturated rings. The van der Waals surface area contributed by atoms with Crippen LogP contribution >= 0.6 is 0 Å². The van der Waals surface area contributed by atoms with Gasteiger partial charge in [0.15, 0.2) is 18.1 Å². The van der Waals surface area contributed by atoms with Gasteiger partial charge in [-0.25, -0.2) is 0 Å². The predicted octanol–water partition coefficient (Wildman–Crippen LogP) is 10.0. The van der Waals surface area contributed by atoms with E-state index in [4.69, 9.17) is 4.12 Å². The Kier molecular flexibility index (Phi) is 19.0. The van der Waals surface area contributed by atoms with Gasteiger partial charge in [-0.2, -0.15) is 0 Å². The molecule has 1 rings (SSSR count). The van der Waals surface area contributed by atoms with E-state index in [-0.39, 0.29) is 0 Å². The molecule has 5 heteroatoms. The largest absolute Gasteiger partial charge is 0.458 e. The Morgan fingerprint density at radius 3 is 1.32 bits per heavy atom. The van der Waals surface area contributed by atoms with Crippen LogP contribution in [0, 0.1) is 0 Å². The molecule has 37 heavy (non-hydrogen) atoms. The minimum atomic E-state index is -1.31. The Morgan fingerprint density at radius 1 is 0.595 bits per heavy atom. The van der Waals surface area contributed by atoms with Crippen molar-refractivity contribution in [2.45, 2.75) is 167 Å². The number of hydrogen-bond donors (Lipinski definition) is 0. The molecule has 1 radical (unpaired) electrons. The van der Waals surface area contributed by atoms with Gasteiger partial charge in [0.05, 0.1) is 16.1 Å². The molecular formula is C32H65OSi4. The fraction of sp³-hybridized carbons (Fsp3) is 0.812. The van der Waals surface area contributed by atoms with Crippen LogP contribution in [0.25, 0.3) is 0 Å². The van der Waals surface area contributed by atoms with Crippen molar-refractivity contribution in [3.05, 3.63) is 24.3 Å². The molecule has 0 heterocycles. The summed E-state index contributed by atoms with van der Waals surface area (Å²) in [4.78, 5) is 0. The van der Waals surface area contributed by atoms with Crippen LogP contribution in [0.3, 0.4) is 0 Å². The van der Waals surface area contributed by atoms with E-state index in [1.807, 2.05) is 0 Å². The van der Waals surface area contributed by atoms with E-state index in [1.165, 1.54) is 114 Å². The smallest absolute Gasteiger partial charge is 0.194 e. The first-order chi connectivity index (χ1) is 17.6. The summed E-state index contributed by atoms with van der Waals surface area (Å²) in [6, 6.07) is 14.4. The lowest BCUT2D eigenvalue weighted by molar-refractivity contribution is 0.571. The highest BCUT2D eigenvalue weighted by Crippen LogP contribution is 2.19. The number of unbranched alkanes of at least 4 members (excludes halogenated alkanes) is 13. The SMILES string of the molecule is CCCCCCCCCCC[Si](C)(C)c1ccc([Si](C)(C)CCCCCCCC[Si](C)O[SiH](C)C)cc1. The van der Waals surface area contributed by atoms with Crippen LogP contribution in [-0.2, 0) is 4.12 Å². The van der Waals surface area contributed by atoms with Gasteiger partial charge in [0.25, 0.3) is 0 Å². The summed E-state index contributed by atoms with van der Waals surface area (Å²) in [5, 5.41) is 3.36. The standard InChI is InChI=1S/C32H65OSi4/c1-9-10-11-12-13-14-16-19-22-29-36(5,6)31-24-26-32(27-25-31)37(7,8)30-23-20-17-15-18-21-28-35(4)33-34(2)3/h24-27,34H,9-23,28-30H2,1-8H3. The van der Waals surface area contributed by atoms with Crippen molar-refractivity contribution in [1.29, 1.82) is 0 Å². The third kappa shape index (κ3) is 16.7. The van der Waals surface area contributed by atoms with Gasteiger partial charge in [-0.3, -0.25) is 0 Å². The summed E-state index contributed by atoms with van der Waals surface area (Å²) in [6.07, 6.45) is 21.4. The van der Waals surface area contributed by atoms with E-state index >= 15 is 0 Å². The lowest BCUT2D eigenvalue weighted by Crippen LogP contribution is -2.45. The summed E-state index contributed by atoms with van der Waals surface area (Å²) < 4.78 is 6.09. The van der Waals surface area contributed by atoms with E-state index in [9.17, 15) is 0 Å². The average Bonchev–Trinajstić information content (AvgIpc) is 2.84. The van der Waals surface area contributed by atoms with Gasteiger partial charge >= 0.3 is 0 Å². The zero-order chi connectivity index (χ0) is 27.6. The van der Waals surface area contributed by atoms with Gasteiger partial charge in [-0.15, -0.1) is 0 Å². The van der Waals surface area contributed by atoms with Crippen LogP contribution in [0.1, 0.15) is 103 Å². The van der Waals surface area contributed by atoms with Crippen molar-refractivity contribution < 1.29 is 4.12 Å². The Hall–Kier alpha value is 0.0475. The molecule has 0 N–H and O–H groups in total. The Morgan fingerprint density at radius 2 is 0.946 bits per heavy atom. The zero-order valence-electron chi connectivity index (χ0n) is 26.5. The lowest BCUT2D eigenvalue weighted by Gasteiger charge is -2.26. The summed E-state index contributed by atoms with van der Waals surface area (Å²) in [6.45, 7) is 19.6. The van der Waals surface area contributed by atoms with Gasteiger partial charge in [-0.1, -0.05) is 176 Å². The van der Waals surface area contributed by atoms with E-state index in [0.29, 0.717) is 0 Å². The van der Waals surface area contributed by atoms with E-state index in [2.05, 4.69) is 77.0 Å². The van der Waals surface area contributed by atoms with Crippen molar-refractivity contribution in [3.63, 3.8) is 0 Å². The fourth-order valence-electron chi connectivity index (χ4n) is 5.65. The first kappa shape index (κ1) is 35.1. The Bertz CT molecular complexity index is 672. The zero-order valence-corrected chi connectivity index (χ0v) is 30.7. The number of rotatable bonds is 23. The van der Waals surface area contributed by atoms with Crippen molar-refractivity contribution in [2.75, 3.05) is 0 Å². The third-order valence-corrected chi connectivity index (χ3v) is 19.9. The first-order valence-electron chi connectivity index (χ1n) is 16.2. The summed E-state index contributed by atoms with van der Waals surface area (Å²) in [5.74, 6) is 0. The molecule has 0 atom stereocenters. The Balaban J connectivity index is 2.26. The summed E-state index contributed by atoms with van der Waals surface area (Å²) in [5.41, 5.74) is 0.